The predicted octanol–water partition coefficient (Wildman–Crippen LogP) is 3.73. The molecule has 1 aliphatic heterocycles. The van der Waals surface area contributed by atoms with Crippen molar-refractivity contribution in [3.05, 3.63) is 45.4 Å². The van der Waals surface area contributed by atoms with Crippen molar-refractivity contribution in [2.45, 2.75) is 42.9 Å². The Morgan fingerprint density at radius 1 is 1.24 bits per heavy atom. The third-order valence-electron chi connectivity index (χ3n) is 4.30. The van der Waals surface area contributed by atoms with Crippen molar-refractivity contribution in [1.82, 2.24) is 9.62 Å². The molecule has 0 spiro atoms. The average Bonchev–Trinajstić information content (AvgIpc) is 3.22. The molecule has 0 bridgehead atoms. The van der Waals surface area contributed by atoms with E-state index in [9.17, 15) is 13.2 Å². The van der Waals surface area contributed by atoms with Gasteiger partial charge in [0.1, 0.15) is 0 Å². The number of rotatable bonds is 5. The number of nitrogens with one attached hydrogen (secondary N) is 1. The number of hydrogen-bond donors (Lipinski definition) is 1. The molecule has 0 saturated heterocycles. The summed E-state index contributed by atoms with van der Waals surface area (Å²) in [5.41, 5.74) is 0.0777. The lowest BCUT2D eigenvalue weighted by molar-refractivity contribution is -0.120. The second kappa shape index (κ2) is 7.78. The van der Waals surface area contributed by atoms with Crippen LogP contribution in [0.5, 0.6) is 0 Å². The Hall–Kier alpha value is -0.890. The summed E-state index contributed by atoms with van der Waals surface area (Å²) in [7, 11) is -3.45. The van der Waals surface area contributed by atoms with Crippen LogP contribution in [0.2, 0.25) is 10.0 Å². The third-order valence-corrected chi connectivity index (χ3v) is 8.29. The standard InChI is InChI=1S/C16H18Cl2N2O3S2/c17-13-6-5-11(9-14(13)18)10-15(21)19-16-20(7-8-24-16)25(22,23)12-3-1-2-4-12/h5-9,12,16H,1-4,10H2,(H,19,21). The third kappa shape index (κ3) is 4.27. The fourth-order valence-electron chi connectivity index (χ4n) is 3.01. The van der Waals surface area contributed by atoms with Crippen molar-refractivity contribution in [1.29, 1.82) is 0 Å². The monoisotopic (exact) mass is 420 g/mol. The molecule has 1 saturated carbocycles. The minimum atomic E-state index is -3.45. The molecule has 1 aliphatic carbocycles. The van der Waals surface area contributed by atoms with Gasteiger partial charge < -0.3 is 5.32 Å². The highest BCUT2D eigenvalue weighted by atomic mass is 35.5. The summed E-state index contributed by atoms with van der Waals surface area (Å²) in [5, 5.41) is 4.92. The van der Waals surface area contributed by atoms with E-state index in [1.165, 1.54) is 22.3 Å². The molecule has 1 amide bonds. The van der Waals surface area contributed by atoms with Gasteiger partial charge in [0.2, 0.25) is 15.9 Å². The molecule has 1 fully saturated rings. The lowest BCUT2D eigenvalue weighted by Crippen LogP contribution is -2.47. The van der Waals surface area contributed by atoms with E-state index < -0.39 is 15.5 Å². The van der Waals surface area contributed by atoms with E-state index in [2.05, 4.69) is 5.32 Å². The van der Waals surface area contributed by atoms with E-state index in [1.807, 2.05) is 0 Å². The smallest absolute Gasteiger partial charge is 0.239 e. The first-order chi connectivity index (χ1) is 11.9. The van der Waals surface area contributed by atoms with Crippen LogP contribution in [-0.4, -0.2) is 29.4 Å². The van der Waals surface area contributed by atoms with Crippen molar-refractivity contribution < 1.29 is 13.2 Å². The second-order valence-corrected chi connectivity index (χ2v) is 9.97. The molecule has 0 aromatic heterocycles. The molecule has 5 nitrogen and oxygen atoms in total. The van der Waals surface area contributed by atoms with Gasteiger partial charge in [0.15, 0.2) is 5.50 Å². The van der Waals surface area contributed by atoms with Crippen LogP contribution in [0.4, 0.5) is 0 Å². The summed E-state index contributed by atoms with van der Waals surface area (Å²) in [6, 6.07) is 4.99. The summed E-state index contributed by atoms with van der Waals surface area (Å²) in [6.45, 7) is 0. The van der Waals surface area contributed by atoms with E-state index in [0.717, 1.165) is 12.8 Å². The zero-order valence-corrected chi connectivity index (χ0v) is 16.5. The van der Waals surface area contributed by atoms with Gasteiger partial charge in [-0.1, -0.05) is 53.9 Å². The Bertz CT molecular complexity index is 793. The van der Waals surface area contributed by atoms with E-state index in [0.29, 0.717) is 28.5 Å². The summed E-state index contributed by atoms with van der Waals surface area (Å²) in [5.74, 6) is -0.272. The molecule has 2 aliphatic rings. The summed E-state index contributed by atoms with van der Waals surface area (Å²) >= 11 is 13.1. The lowest BCUT2D eigenvalue weighted by Gasteiger charge is -2.27. The van der Waals surface area contributed by atoms with Crippen molar-refractivity contribution >= 4 is 50.9 Å². The number of nitrogens with zero attached hydrogens (tertiary/aromatic N) is 1. The highest BCUT2D eigenvalue weighted by molar-refractivity contribution is 8.03. The van der Waals surface area contributed by atoms with Crippen LogP contribution in [0, 0.1) is 0 Å². The molecule has 1 aromatic carbocycles. The first-order valence-corrected chi connectivity index (χ1v) is 11.2. The van der Waals surface area contributed by atoms with Crippen molar-refractivity contribution in [3.8, 4) is 0 Å². The van der Waals surface area contributed by atoms with Gasteiger partial charge in [-0.25, -0.2) is 12.7 Å². The van der Waals surface area contributed by atoms with Crippen LogP contribution in [-0.2, 0) is 21.2 Å². The Balaban J connectivity index is 1.65. The molecule has 1 unspecified atom stereocenters. The van der Waals surface area contributed by atoms with Gasteiger partial charge in [-0.15, -0.1) is 0 Å². The maximum atomic E-state index is 12.7. The number of sulfonamides is 1. The zero-order valence-electron chi connectivity index (χ0n) is 13.3. The van der Waals surface area contributed by atoms with Crippen LogP contribution in [0.3, 0.4) is 0 Å². The number of halogens is 2. The Morgan fingerprint density at radius 3 is 2.64 bits per heavy atom. The summed E-state index contributed by atoms with van der Waals surface area (Å²) < 4.78 is 26.8. The first kappa shape index (κ1) is 18.9. The zero-order chi connectivity index (χ0) is 18.0. The SMILES string of the molecule is O=C(Cc1ccc(Cl)c(Cl)c1)NC1SC=CN1S(=O)(=O)C1CCCC1. The second-order valence-electron chi connectivity index (χ2n) is 6.05. The van der Waals surface area contributed by atoms with Crippen LogP contribution in [0.1, 0.15) is 31.2 Å². The molecule has 9 heteroatoms. The number of carbonyl (C=O) groups excluding carboxylic acids is 1. The number of amides is 1. The fourth-order valence-corrected chi connectivity index (χ4v) is 6.48. The van der Waals surface area contributed by atoms with E-state index in [1.54, 1.807) is 23.6 Å². The van der Waals surface area contributed by atoms with E-state index in [4.69, 9.17) is 23.2 Å². The topological polar surface area (TPSA) is 66.5 Å². The maximum absolute atomic E-state index is 12.7. The maximum Gasteiger partial charge on any atom is 0.239 e. The Morgan fingerprint density at radius 2 is 1.96 bits per heavy atom. The van der Waals surface area contributed by atoms with Crippen LogP contribution in [0.25, 0.3) is 0 Å². The molecule has 25 heavy (non-hydrogen) atoms. The fraction of sp³-hybridized carbons (Fsp3) is 0.438. The van der Waals surface area contributed by atoms with Crippen LogP contribution >= 0.6 is 35.0 Å². The Kier molecular flexibility index (Phi) is 5.88. The normalized spacial score (nSPS) is 21.0. The average molecular weight is 421 g/mol. The molecular formula is C16H18Cl2N2O3S2. The van der Waals surface area contributed by atoms with Gasteiger partial charge in [-0.2, -0.15) is 0 Å². The number of carbonyl (C=O) groups is 1. The number of hydrogen-bond acceptors (Lipinski definition) is 4. The van der Waals surface area contributed by atoms with Gasteiger partial charge in [0.25, 0.3) is 0 Å². The van der Waals surface area contributed by atoms with Gasteiger partial charge in [-0.05, 0) is 35.9 Å². The molecule has 0 radical (unpaired) electrons. The van der Waals surface area contributed by atoms with Crippen molar-refractivity contribution in [2.24, 2.45) is 0 Å². The van der Waals surface area contributed by atoms with Gasteiger partial charge >= 0.3 is 0 Å². The molecule has 136 valence electrons. The largest absolute Gasteiger partial charge is 0.326 e. The highest BCUT2D eigenvalue weighted by Crippen LogP contribution is 2.33. The molecule has 1 N–H and O–H groups in total. The molecule has 1 atom stereocenters. The van der Waals surface area contributed by atoms with Crippen LogP contribution < -0.4 is 5.32 Å². The van der Waals surface area contributed by atoms with Gasteiger partial charge in [0, 0.05) is 6.20 Å². The quantitative estimate of drug-likeness (QED) is 0.787. The number of thioether (sulfide) groups is 1. The van der Waals surface area contributed by atoms with Crippen LogP contribution in [0.15, 0.2) is 29.8 Å². The summed E-state index contributed by atoms with van der Waals surface area (Å²) in [6.07, 6.45) is 4.86. The Labute approximate surface area is 161 Å². The summed E-state index contributed by atoms with van der Waals surface area (Å²) in [4.78, 5) is 12.3. The first-order valence-electron chi connectivity index (χ1n) is 7.96. The van der Waals surface area contributed by atoms with Crippen molar-refractivity contribution in [3.63, 3.8) is 0 Å². The predicted molar refractivity (Wildman–Crippen MR) is 102 cm³/mol. The highest BCUT2D eigenvalue weighted by Gasteiger charge is 2.38. The molecular weight excluding hydrogens is 403 g/mol. The molecule has 1 aromatic rings. The number of benzene rings is 1. The van der Waals surface area contributed by atoms with Gasteiger partial charge in [-0.3, -0.25) is 4.79 Å². The lowest BCUT2D eigenvalue weighted by atomic mass is 10.1. The molecule has 3 rings (SSSR count). The molecule has 1 heterocycles. The van der Waals surface area contributed by atoms with E-state index >= 15 is 0 Å². The van der Waals surface area contributed by atoms with Crippen molar-refractivity contribution in [2.75, 3.05) is 0 Å². The minimum absolute atomic E-state index is 0.102. The van der Waals surface area contributed by atoms with E-state index in [-0.39, 0.29) is 17.6 Å². The minimum Gasteiger partial charge on any atom is -0.326 e. The van der Waals surface area contributed by atoms with Gasteiger partial charge in [0.05, 0.1) is 21.7 Å².